The zero-order valence-corrected chi connectivity index (χ0v) is 25.8. The normalized spacial score (nSPS) is 21.2. The quantitative estimate of drug-likeness (QED) is 0.254. The van der Waals surface area contributed by atoms with Gasteiger partial charge in [-0.3, -0.25) is 14.5 Å². The van der Waals surface area contributed by atoms with Crippen molar-refractivity contribution < 1.29 is 33.6 Å². The second-order valence-electron chi connectivity index (χ2n) is 11.9. The number of aliphatic hydroxyl groups is 1. The van der Waals surface area contributed by atoms with Gasteiger partial charge in [-0.25, -0.2) is 4.90 Å². The Labute approximate surface area is 267 Å². The van der Waals surface area contributed by atoms with E-state index in [4.69, 9.17) is 18.9 Å². The van der Waals surface area contributed by atoms with Crippen LogP contribution in [0.25, 0.3) is 0 Å². The maximum absolute atomic E-state index is 13.2. The van der Waals surface area contributed by atoms with Gasteiger partial charge in [0.05, 0.1) is 49.8 Å². The molecular formula is C37H36N2O7. The SMILES string of the molecule is COc1cc2c(cc1OC)CN(C[C@H]1C[C@@H](c3ccc(CO)cc3)O[C@@H](c3cccc(N4C(=O)c5ccccc5C4=O)c3)O1)CC2. The first kappa shape index (κ1) is 30.1. The van der Waals surface area contributed by atoms with E-state index in [1.807, 2.05) is 36.4 Å². The van der Waals surface area contributed by atoms with Gasteiger partial charge in [0.2, 0.25) is 0 Å². The molecule has 0 radical (unpaired) electrons. The maximum atomic E-state index is 13.2. The number of hydrogen-bond donors (Lipinski definition) is 1. The number of rotatable bonds is 8. The van der Waals surface area contributed by atoms with Gasteiger partial charge < -0.3 is 24.1 Å². The number of imide groups is 1. The van der Waals surface area contributed by atoms with Crippen LogP contribution in [-0.2, 0) is 29.0 Å². The van der Waals surface area contributed by atoms with Crippen molar-refractivity contribution in [1.82, 2.24) is 4.90 Å². The van der Waals surface area contributed by atoms with Crippen molar-refractivity contribution in [3.8, 4) is 11.5 Å². The van der Waals surface area contributed by atoms with Gasteiger partial charge in [-0.05, 0) is 65.1 Å². The summed E-state index contributed by atoms with van der Waals surface area (Å²) in [5.41, 5.74) is 6.27. The molecule has 46 heavy (non-hydrogen) atoms. The molecule has 4 aromatic carbocycles. The summed E-state index contributed by atoms with van der Waals surface area (Å²) in [6.07, 6.45) is 0.378. The molecule has 9 nitrogen and oxygen atoms in total. The Morgan fingerprint density at radius 2 is 1.50 bits per heavy atom. The number of hydrogen-bond acceptors (Lipinski definition) is 8. The van der Waals surface area contributed by atoms with E-state index in [0.717, 1.165) is 47.7 Å². The van der Waals surface area contributed by atoms with Gasteiger partial charge in [-0.15, -0.1) is 0 Å². The lowest BCUT2D eigenvalue weighted by Gasteiger charge is -2.39. The molecule has 9 heteroatoms. The molecule has 2 amide bonds. The highest BCUT2D eigenvalue weighted by atomic mass is 16.7. The third kappa shape index (κ3) is 5.67. The highest BCUT2D eigenvalue weighted by Gasteiger charge is 2.38. The van der Waals surface area contributed by atoms with Gasteiger partial charge in [-0.1, -0.05) is 48.5 Å². The fourth-order valence-electron chi connectivity index (χ4n) is 6.65. The van der Waals surface area contributed by atoms with Crippen LogP contribution in [0.15, 0.2) is 84.9 Å². The monoisotopic (exact) mass is 620 g/mol. The Balaban J connectivity index is 1.15. The fraction of sp³-hybridized carbons (Fsp3) is 0.297. The molecular weight excluding hydrogens is 584 g/mol. The van der Waals surface area contributed by atoms with E-state index in [0.29, 0.717) is 29.8 Å². The van der Waals surface area contributed by atoms with Gasteiger partial charge in [0.25, 0.3) is 11.8 Å². The molecule has 236 valence electrons. The average Bonchev–Trinajstić information content (AvgIpc) is 3.36. The van der Waals surface area contributed by atoms with Crippen LogP contribution in [0.2, 0.25) is 0 Å². The Hall–Kier alpha value is -4.54. The molecule has 3 heterocycles. The predicted octanol–water partition coefficient (Wildman–Crippen LogP) is 5.60. The summed E-state index contributed by atoms with van der Waals surface area (Å²) in [7, 11) is 3.30. The number of carbonyl (C=O) groups excluding carboxylic acids is 2. The number of fused-ring (bicyclic) bond motifs is 2. The zero-order chi connectivity index (χ0) is 31.8. The zero-order valence-electron chi connectivity index (χ0n) is 25.8. The summed E-state index contributed by atoms with van der Waals surface area (Å²) in [5, 5.41) is 9.57. The number of benzene rings is 4. The molecule has 1 fully saturated rings. The average molecular weight is 621 g/mol. The van der Waals surface area contributed by atoms with E-state index in [1.165, 1.54) is 16.0 Å². The molecule has 3 aliphatic heterocycles. The topological polar surface area (TPSA) is 97.8 Å². The molecule has 0 aromatic heterocycles. The minimum absolute atomic E-state index is 0.0299. The molecule has 7 rings (SSSR count). The van der Waals surface area contributed by atoms with Crippen molar-refractivity contribution >= 4 is 17.5 Å². The fourth-order valence-corrected chi connectivity index (χ4v) is 6.65. The Kier molecular flexibility index (Phi) is 8.31. The lowest BCUT2D eigenvalue weighted by molar-refractivity contribution is -0.253. The third-order valence-electron chi connectivity index (χ3n) is 9.07. The largest absolute Gasteiger partial charge is 0.493 e. The minimum atomic E-state index is -0.724. The van der Waals surface area contributed by atoms with Crippen molar-refractivity contribution in [2.75, 3.05) is 32.2 Å². The van der Waals surface area contributed by atoms with E-state index >= 15 is 0 Å². The number of methoxy groups -OCH3 is 2. The number of carbonyl (C=O) groups is 2. The predicted molar refractivity (Wildman–Crippen MR) is 171 cm³/mol. The van der Waals surface area contributed by atoms with Crippen LogP contribution in [0, 0.1) is 0 Å². The lowest BCUT2D eigenvalue weighted by Crippen LogP contribution is -2.41. The van der Waals surface area contributed by atoms with Gasteiger partial charge in [0, 0.05) is 31.6 Å². The second kappa shape index (κ2) is 12.7. The second-order valence-corrected chi connectivity index (χ2v) is 11.9. The lowest BCUT2D eigenvalue weighted by atomic mass is 9.97. The van der Waals surface area contributed by atoms with Crippen molar-refractivity contribution in [2.45, 2.75) is 44.5 Å². The van der Waals surface area contributed by atoms with Crippen LogP contribution in [-0.4, -0.2) is 55.2 Å². The van der Waals surface area contributed by atoms with Crippen LogP contribution >= 0.6 is 0 Å². The molecule has 0 saturated carbocycles. The highest BCUT2D eigenvalue weighted by molar-refractivity contribution is 6.34. The summed E-state index contributed by atoms with van der Waals surface area (Å²) >= 11 is 0. The third-order valence-corrected chi connectivity index (χ3v) is 9.07. The van der Waals surface area contributed by atoms with Gasteiger partial charge in [-0.2, -0.15) is 0 Å². The van der Waals surface area contributed by atoms with Crippen molar-refractivity contribution in [3.63, 3.8) is 0 Å². The summed E-state index contributed by atoms with van der Waals surface area (Å²) in [4.78, 5) is 30.1. The Morgan fingerprint density at radius 1 is 0.804 bits per heavy atom. The molecule has 1 N–H and O–H groups in total. The van der Waals surface area contributed by atoms with Crippen LogP contribution in [0.4, 0.5) is 5.69 Å². The van der Waals surface area contributed by atoms with E-state index < -0.39 is 6.29 Å². The van der Waals surface area contributed by atoms with Gasteiger partial charge in [0.1, 0.15) is 0 Å². The van der Waals surface area contributed by atoms with Crippen LogP contribution < -0.4 is 14.4 Å². The standard InChI is InChI=1S/C37H36N2O7/c1-43-33-17-25-14-15-38(20-27(25)18-34(33)44-2)21-29-19-32(24-12-10-23(22-40)11-13-24)46-37(45-29)26-6-5-7-28(16-26)39-35(41)30-8-3-4-9-31(30)36(39)42/h3-13,16-18,29,32,37,40H,14-15,19-22H2,1-2H3/t29-,32+,37+/m1/s1. The Morgan fingerprint density at radius 3 is 2.17 bits per heavy atom. The maximum Gasteiger partial charge on any atom is 0.266 e. The van der Waals surface area contributed by atoms with Crippen molar-refractivity contribution in [3.05, 3.63) is 124 Å². The first-order valence-corrected chi connectivity index (χ1v) is 15.5. The van der Waals surface area contributed by atoms with Crippen molar-refractivity contribution in [1.29, 1.82) is 0 Å². The number of ether oxygens (including phenoxy) is 4. The van der Waals surface area contributed by atoms with Gasteiger partial charge in [0.15, 0.2) is 17.8 Å². The Bertz CT molecular complexity index is 1740. The molecule has 1 saturated heterocycles. The number of aliphatic hydroxyl groups excluding tert-OH is 1. The van der Waals surface area contributed by atoms with Crippen LogP contribution in [0.3, 0.4) is 0 Å². The molecule has 0 bridgehead atoms. The molecule has 0 unspecified atom stereocenters. The van der Waals surface area contributed by atoms with Gasteiger partial charge >= 0.3 is 0 Å². The minimum Gasteiger partial charge on any atom is -0.493 e. The smallest absolute Gasteiger partial charge is 0.266 e. The van der Waals surface area contributed by atoms with E-state index in [2.05, 4.69) is 17.0 Å². The summed E-state index contributed by atoms with van der Waals surface area (Å²) in [6.45, 7) is 2.29. The summed E-state index contributed by atoms with van der Waals surface area (Å²) in [6, 6.07) is 26.1. The molecule has 3 aliphatic rings. The van der Waals surface area contributed by atoms with Crippen LogP contribution in [0.5, 0.6) is 11.5 Å². The summed E-state index contributed by atoms with van der Waals surface area (Å²) < 4.78 is 24.3. The van der Waals surface area contributed by atoms with E-state index in [-0.39, 0.29) is 30.6 Å². The molecule has 0 spiro atoms. The van der Waals surface area contributed by atoms with E-state index in [9.17, 15) is 14.7 Å². The van der Waals surface area contributed by atoms with Crippen molar-refractivity contribution in [2.24, 2.45) is 0 Å². The first-order chi connectivity index (χ1) is 22.4. The molecule has 0 aliphatic carbocycles. The summed E-state index contributed by atoms with van der Waals surface area (Å²) in [5.74, 6) is 0.767. The highest BCUT2D eigenvalue weighted by Crippen LogP contribution is 2.40. The first-order valence-electron chi connectivity index (χ1n) is 15.5. The molecule has 3 atom stereocenters. The number of anilines is 1. The molecule has 4 aromatic rings. The van der Waals surface area contributed by atoms with Crippen LogP contribution in [0.1, 0.15) is 67.3 Å². The van der Waals surface area contributed by atoms with E-state index in [1.54, 1.807) is 50.6 Å². The number of amides is 2. The number of nitrogens with zero attached hydrogens (tertiary/aromatic N) is 2.